The third kappa shape index (κ3) is 3.17. The van der Waals surface area contributed by atoms with Gasteiger partial charge in [0.05, 0.1) is 0 Å². The van der Waals surface area contributed by atoms with Gasteiger partial charge in [0.1, 0.15) is 0 Å². The van der Waals surface area contributed by atoms with Gasteiger partial charge >= 0.3 is 0 Å². The van der Waals surface area contributed by atoms with E-state index >= 15 is 0 Å². The molecule has 3 fully saturated rings. The highest BCUT2D eigenvalue weighted by atomic mass is 19.0. The fraction of sp³-hybridized carbons (Fsp3) is 1.00. The van der Waals surface area contributed by atoms with E-state index in [4.69, 9.17) is 0 Å². The van der Waals surface area contributed by atoms with Gasteiger partial charge in [-0.25, -0.2) is 0 Å². The monoisotopic (exact) mass is 252 g/mol. The summed E-state index contributed by atoms with van der Waals surface area (Å²) in [6.45, 7) is 0. The Labute approximate surface area is 103 Å². The molecule has 0 spiro atoms. The van der Waals surface area contributed by atoms with Gasteiger partial charge in [-0.3, -0.25) is 14.1 Å². The Bertz CT molecular complexity index is 186. The Morgan fingerprint density at radius 1 is 0.412 bits per heavy atom. The van der Waals surface area contributed by atoms with Gasteiger partial charge in [-0.2, -0.15) is 0 Å². The molecule has 0 aromatic rings. The highest BCUT2D eigenvalue weighted by Gasteiger charge is 2.40. The van der Waals surface area contributed by atoms with Crippen LogP contribution in [0.15, 0.2) is 0 Å². The SMILES string of the molecule is C1CCC2C(C1)CCC1CCCCC12.F.F.F. The van der Waals surface area contributed by atoms with Gasteiger partial charge in [-0.1, -0.05) is 38.5 Å². The lowest BCUT2D eigenvalue weighted by atomic mass is 9.58. The molecular formula is C14H27F3. The Balaban J connectivity index is 0.000000853. The molecule has 3 rings (SSSR count). The Morgan fingerprint density at radius 2 is 0.765 bits per heavy atom. The first kappa shape index (κ1) is 16.8. The molecule has 0 N–H and O–H groups in total. The van der Waals surface area contributed by atoms with Crippen molar-refractivity contribution in [1.82, 2.24) is 0 Å². The molecule has 3 aliphatic rings. The lowest BCUT2D eigenvalue weighted by Crippen LogP contribution is -2.38. The minimum Gasteiger partial charge on any atom is -0.269 e. The topological polar surface area (TPSA) is 0 Å². The van der Waals surface area contributed by atoms with Crippen LogP contribution in [0.3, 0.4) is 0 Å². The molecule has 0 aromatic carbocycles. The van der Waals surface area contributed by atoms with Gasteiger partial charge < -0.3 is 0 Å². The van der Waals surface area contributed by atoms with Crippen molar-refractivity contribution in [3.63, 3.8) is 0 Å². The summed E-state index contributed by atoms with van der Waals surface area (Å²) in [5, 5.41) is 0. The molecule has 104 valence electrons. The van der Waals surface area contributed by atoms with E-state index in [2.05, 4.69) is 0 Å². The third-order valence-corrected chi connectivity index (χ3v) is 5.39. The summed E-state index contributed by atoms with van der Waals surface area (Å²) in [7, 11) is 0. The van der Waals surface area contributed by atoms with Crippen molar-refractivity contribution in [3.05, 3.63) is 0 Å². The Kier molecular flexibility index (Phi) is 7.18. The first-order chi connectivity index (χ1) is 6.95. The van der Waals surface area contributed by atoms with Gasteiger partial charge in [-0.05, 0) is 49.4 Å². The first-order valence-corrected chi connectivity index (χ1v) is 6.95. The molecular weight excluding hydrogens is 225 g/mol. The zero-order valence-corrected chi connectivity index (χ0v) is 10.6. The van der Waals surface area contributed by atoms with Crippen LogP contribution in [0.2, 0.25) is 0 Å². The minimum atomic E-state index is 0. The predicted octanol–water partition coefficient (Wildman–Crippen LogP) is 4.85. The molecule has 0 heterocycles. The highest BCUT2D eigenvalue weighted by Crippen LogP contribution is 2.51. The van der Waals surface area contributed by atoms with Crippen LogP contribution >= 0.6 is 0 Å². The van der Waals surface area contributed by atoms with Crippen molar-refractivity contribution in [1.29, 1.82) is 0 Å². The molecule has 0 aromatic heterocycles. The van der Waals surface area contributed by atoms with Crippen molar-refractivity contribution >= 4 is 0 Å². The summed E-state index contributed by atoms with van der Waals surface area (Å²) in [5.74, 6) is 4.65. The quantitative estimate of drug-likeness (QED) is 0.578. The summed E-state index contributed by atoms with van der Waals surface area (Å²) in [6.07, 6.45) is 15.7. The zero-order chi connectivity index (χ0) is 9.38. The highest BCUT2D eigenvalue weighted by molar-refractivity contribution is 4.91. The Morgan fingerprint density at radius 3 is 1.18 bits per heavy atom. The van der Waals surface area contributed by atoms with E-state index in [0.29, 0.717) is 0 Å². The normalized spacial score (nSPS) is 39.5. The molecule has 0 bridgehead atoms. The lowest BCUT2D eigenvalue weighted by Gasteiger charge is -2.48. The van der Waals surface area contributed by atoms with Crippen LogP contribution in [0.25, 0.3) is 0 Å². The van der Waals surface area contributed by atoms with Crippen molar-refractivity contribution in [3.8, 4) is 0 Å². The van der Waals surface area contributed by atoms with Crippen LogP contribution in [0.1, 0.15) is 64.2 Å². The molecule has 3 aliphatic carbocycles. The van der Waals surface area contributed by atoms with Gasteiger partial charge in [0, 0.05) is 0 Å². The third-order valence-electron chi connectivity index (χ3n) is 5.39. The molecule has 0 radical (unpaired) electrons. The van der Waals surface area contributed by atoms with Gasteiger partial charge in [0.15, 0.2) is 0 Å². The molecule has 17 heavy (non-hydrogen) atoms. The van der Waals surface area contributed by atoms with Crippen molar-refractivity contribution in [2.45, 2.75) is 64.2 Å². The van der Waals surface area contributed by atoms with E-state index in [-0.39, 0.29) is 14.1 Å². The minimum absolute atomic E-state index is 0. The lowest BCUT2D eigenvalue weighted by molar-refractivity contribution is 0.0278. The molecule has 0 aliphatic heterocycles. The van der Waals surface area contributed by atoms with Crippen molar-refractivity contribution in [2.75, 3.05) is 0 Å². The Hall–Kier alpha value is -0.210. The van der Waals surface area contributed by atoms with E-state index in [0.717, 1.165) is 11.8 Å². The maximum Gasteiger partial charge on any atom is -0.0355 e. The number of halogens is 3. The van der Waals surface area contributed by atoms with Crippen molar-refractivity contribution in [2.24, 2.45) is 23.7 Å². The maximum absolute atomic E-state index is 1.59. The standard InChI is InChI=1S/C14H24.3FH/c1-3-7-13-11(5-1)9-10-12-6-2-4-8-14(12)13;;;/h11-14H,1-10H2;3*1H. The smallest absolute Gasteiger partial charge is 0.0355 e. The number of fused-ring (bicyclic) bond motifs is 3. The van der Waals surface area contributed by atoms with Gasteiger partial charge in [0.2, 0.25) is 0 Å². The van der Waals surface area contributed by atoms with Gasteiger partial charge in [-0.15, -0.1) is 0 Å². The molecule has 0 nitrogen and oxygen atoms in total. The second kappa shape index (κ2) is 7.27. The number of hydrogen-bond acceptors (Lipinski definition) is 0. The van der Waals surface area contributed by atoms with Crippen LogP contribution in [0, 0.1) is 23.7 Å². The van der Waals surface area contributed by atoms with Crippen LogP contribution in [-0.2, 0) is 0 Å². The average molecular weight is 252 g/mol. The molecule has 0 saturated heterocycles. The molecule has 3 saturated carbocycles. The molecule has 4 atom stereocenters. The summed E-state index contributed by atoms with van der Waals surface area (Å²) in [6, 6.07) is 0. The summed E-state index contributed by atoms with van der Waals surface area (Å²) < 4.78 is 0. The summed E-state index contributed by atoms with van der Waals surface area (Å²) >= 11 is 0. The second-order valence-electron chi connectivity index (χ2n) is 5.99. The fourth-order valence-corrected chi connectivity index (χ4v) is 4.74. The van der Waals surface area contributed by atoms with Gasteiger partial charge in [0.25, 0.3) is 0 Å². The van der Waals surface area contributed by atoms with E-state index in [1.54, 1.807) is 64.2 Å². The maximum atomic E-state index is 1.59. The number of rotatable bonds is 0. The summed E-state index contributed by atoms with van der Waals surface area (Å²) in [5.41, 5.74) is 0. The van der Waals surface area contributed by atoms with E-state index in [1.807, 2.05) is 0 Å². The fourth-order valence-electron chi connectivity index (χ4n) is 4.74. The van der Waals surface area contributed by atoms with Crippen LogP contribution in [0.5, 0.6) is 0 Å². The first-order valence-electron chi connectivity index (χ1n) is 6.95. The second-order valence-corrected chi connectivity index (χ2v) is 5.99. The predicted molar refractivity (Wildman–Crippen MR) is 67.6 cm³/mol. The summed E-state index contributed by atoms with van der Waals surface area (Å²) in [4.78, 5) is 0. The molecule has 3 heteroatoms. The van der Waals surface area contributed by atoms with Crippen LogP contribution in [-0.4, -0.2) is 0 Å². The molecule has 4 unspecified atom stereocenters. The van der Waals surface area contributed by atoms with Crippen LogP contribution < -0.4 is 0 Å². The molecule has 0 amide bonds. The van der Waals surface area contributed by atoms with Crippen molar-refractivity contribution < 1.29 is 14.1 Å². The average Bonchev–Trinajstić information content (AvgIpc) is 2.29. The van der Waals surface area contributed by atoms with Crippen LogP contribution in [0.4, 0.5) is 14.1 Å². The number of hydrogen-bond donors (Lipinski definition) is 0. The van der Waals surface area contributed by atoms with E-state index in [9.17, 15) is 0 Å². The zero-order valence-electron chi connectivity index (χ0n) is 10.6. The van der Waals surface area contributed by atoms with E-state index < -0.39 is 0 Å². The van der Waals surface area contributed by atoms with E-state index in [1.165, 1.54) is 11.8 Å². The largest absolute Gasteiger partial charge is 0.269 e.